The summed E-state index contributed by atoms with van der Waals surface area (Å²) >= 11 is 0. The van der Waals surface area contributed by atoms with E-state index in [-0.39, 0.29) is 0 Å². The number of nitrogens with one attached hydrogen (secondary N) is 2. The third-order valence-corrected chi connectivity index (χ3v) is 5.72. The van der Waals surface area contributed by atoms with Crippen molar-refractivity contribution in [1.29, 1.82) is 0 Å². The predicted octanol–water partition coefficient (Wildman–Crippen LogP) is 2.57. The van der Waals surface area contributed by atoms with E-state index in [0.29, 0.717) is 18.5 Å². The van der Waals surface area contributed by atoms with Gasteiger partial charge in [-0.15, -0.1) is 0 Å². The topological polar surface area (TPSA) is 105 Å². The summed E-state index contributed by atoms with van der Waals surface area (Å²) in [5.74, 6) is -1.70. The summed E-state index contributed by atoms with van der Waals surface area (Å²) in [6, 6.07) is 12.5. The van der Waals surface area contributed by atoms with Crippen LogP contribution in [0.4, 0.5) is 10.5 Å². The molecule has 4 amide bonds. The second kappa shape index (κ2) is 7.78. The van der Waals surface area contributed by atoms with Crippen LogP contribution >= 0.6 is 0 Å². The number of rotatable bonds is 5. The molecule has 156 valence electrons. The molecule has 1 saturated heterocycles. The van der Waals surface area contributed by atoms with Crippen molar-refractivity contribution in [3.8, 4) is 0 Å². The molecule has 2 aromatic rings. The average molecular weight is 409 g/mol. The second-order valence-corrected chi connectivity index (χ2v) is 7.76. The highest BCUT2D eigenvalue weighted by atomic mass is 16.5. The lowest BCUT2D eigenvalue weighted by atomic mass is 9.98. The zero-order valence-corrected chi connectivity index (χ0v) is 16.6. The fraction of sp³-hybridized carbons (Fsp3) is 0.364. The third-order valence-electron chi connectivity index (χ3n) is 5.72. The number of esters is 1. The summed E-state index contributed by atoms with van der Waals surface area (Å²) in [4.78, 5) is 50.5. The van der Waals surface area contributed by atoms with Crippen LogP contribution in [0.3, 0.4) is 0 Å². The number of imide groups is 1. The van der Waals surface area contributed by atoms with Gasteiger partial charge in [0, 0.05) is 11.1 Å². The number of fused-ring (bicyclic) bond motifs is 1. The van der Waals surface area contributed by atoms with Crippen LogP contribution in [-0.2, 0) is 19.1 Å². The maximum Gasteiger partial charge on any atom is 0.327 e. The van der Waals surface area contributed by atoms with E-state index in [2.05, 4.69) is 10.6 Å². The Morgan fingerprint density at radius 1 is 1.13 bits per heavy atom. The summed E-state index contributed by atoms with van der Waals surface area (Å²) in [7, 11) is 0. The second-order valence-electron chi connectivity index (χ2n) is 7.76. The largest absolute Gasteiger partial charge is 0.451 e. The molecule has 0 aromatic heterocycles. The average Bonchev–Trinajstić information content (AvgIpc) is 3.29. The number of benzene rings is 2. The van der Waals surface area contributed by atoms with Crippen molar-refractivity contribution in [3.63, 3.8) is 0 Å². The number of hydrogen-bond donors (Lipinski definition) is 2. The molecule has 2 aromatic carbocycles. The van der Waals surface area contributed by atoms with Crippen LogP contribution in [0.1, 0.15) is 32.6 Å². The van der Waals surface area contributed by atoms with Crippen molar-refractivity contribution in [1.82, 2.24) is 10.2 Å². The lowest BCUT2D eigenvalue weighted by Gasteiger charge is -2.20. The molecular formula is C22H23N3O5. The molecule has 2 aliphatic rings. The fourth-order valence-electron chi connectivity index (χ4n) is 4.12. The highest BCUT2D eigenvalue weighted by Crippen LogP contribution is 2.35. The first-order chi connectivity index (χ1) is 14.4. The van der Waals surface area contributed by atoms with E-state index in [1.807, 2.05) is 36.4 Å². The van der Waals surface area contributed by atoms with Gasteiger partial charge >= 0.3 is 12.0 Å². The Balaban J connectivity index is 1.37. The van der Waals surface area contributed by atoms with Crippen LogP contribution in [0.15, 0.2) is 42.5 Å². The zero-order valence-electron chi connectivity index (χ0n) is 16.6. The molecule has 8 heteroatoms. The van der Waals surface area contributed by atoms with Gasteiger partial charge in [-0.1, -0.05) is 49.2 Å². The molecule has 1 aliphatic carbocycles. The number of urea groups is 1. The Bertz CT molecular complexity index is 1020. The highest BCUT2D eigenvalue weighted by Gasteiger charge is 2.52. The first kappa shape index (κ1) is 19.9. The van der Waals surface area contributed by atoms with Gasteiger partial charge in [0.1, 0.15) is 12.1 Å². The monoisotopic (exact) mass is 409 g/mol. The van der Waals surface area contributed by atoms with Gasteiger partial charge in [0.25, 0.3) is 11.8 Å². The molecule has 1 heterocycles. The van der Waals surface area contributed by atoms with Crippen LogP contribution in [0.5, 0.6) is 0 Å². The number of anilines is 1. The Morgan fingerprint density at radius 3 is 2.60 bits per heavy atom. The minimum absolute atomic E-state index is 0.394. The Kier molecular flexibility index (Phi) is 5.15. The minimum atomic E-state index is -1.09. The van der Waals surface area contributed by atoms with Crippen LogP contribution in [0.25, 0.3) is 10.8 Å². The van der Waals surface area contributed by atoms with Crippen molar-refractivity contribution in [2.75, 3.05) is 11.9 Å². The molecule has 30 heavy (non-hydrogen) atoms. The van der Waals surface area contributed by atoms with Crippen LogP contribution in [-0.4, -0.2) is 46.9 Å². The maximum absolute atomic E-state index is 12.6. The first-order valence-electron chi connectivity index (χ1n) is 10.0. The normalized spacial score (nSPS) is 18.5. The van der Waals surface area contributed by atoms with Crippen molar-refractivity contribution in [2.24, 2.45) is 0 Å². The quantitative estimate of drug-likeness (QED) is 0.583. The number of nitrogens with zero attached hydrogens (tertiary/aromatic N) is 1. The van der Waals surface area contributed by atoms with Gasteiger partial charge in [0.2, 0.25) is 0 Å². The first-order valence-corrected chi connectivity index (χ1v) is 10.0. The molecular weight excluding hydrogens is 386 g/mol. The van der Waals surface area contributed by atoms with Gasteiger partial charge in [-0.05, 0) is 31.2 Å². The standard InChI is InChI=1S/C22H23N3O5/c1-14(19(27)23-17-10-6-8-15-7-2-3-9-16(15)17)30-18(26)13-25-20(28)22(24-21(25)29)11-4-5-12-22/h2-3,6-10,14H,4-5,11-13H2,1H3,(H,23,27)(H,24,29)/t14-/m1/s1. The molecule has 1 saturated carbocycles. The SMILES string of the molecule is C[C@@H](OC(=O)CN1C(=O)NC2(CCCC2)C1=O)C(=O)Nc1cccc2ccccc12. The molecule has 0 unspecified atom stereocenters. The van der Waals surface area contributed by atoms with Crippen LogP contribution in [0.2, 0.25) is 0 Å². The van der Waals surface area contributed by atoms with Crippen molar-refractivity contribution in [2.45, 2.75) is 44.2 Å². The van der Waals surface area contributed by atoms with Gasteiger partial charge in [-0.2, -0.15) is 0 Å². The van der Waals surface area contributed by atoms with E-state index in [1.54, 1.807) is 6.07 Å². The van der Waals surface area contributed by atoms with Crippen molar-refractivity contribution >= 4 is 40.3 Å². The molecule has 1 atom stereocenters. The Morgan fingerprint density at radius 2 is 1.83 bits per heavy atom. The highest BCUT2D eigenvalue weighted by molar-refractivity contribution is 6.09. The number of carbonyl (C=O) groups is 4. The molecule has 2 N–H and O–H groups in total. The van der Waals surface area contributed by atoms with Gasteiger partial charge in [-0.3, -0.25) is 19.3 Å². The van der Waals surface area contributed by atoms with Crippen LogP contribution in [0, 0.1) is 0 Å². The summed E-state index contributed by atoms with van der Waals surface area (Å²) in [6.45, 7) is 0.932. The Labute approximate surface area is 173 Å². The van der Waals surface area contributed by atoms with Crippen molar-refractivity contribution in [3.05, 3.63) is 42.5 Å². The summed E-state index contributed by atoms with van der Waals surface area (Å²) in [6.07, 6.45) is 1.78. The van der Waals surface area contributed by atoms with E-state index < -0.39 is 42.0 Å². The minimum Gasteiger partial charge on any atom is -0.451 e. The van der Waals surface area contributed by atoms with Gasteiger partial charge in [0.05, 0.1) is 0 Å². The molecule has 1 aliphatic heterocycles. The smallest absolute Gasteiger partial charge is 0.327 e. The van der Waals surface area contributed by atoms with Gasteiger partial charge < -0.3 is 15.4 Å². The van der Waals surface area contributed by atoms with E-state index in [4.69, 9.17) is 4.74 Å². The lowest BCUT2D eigenvalue weighted by molar-refractivity contribution is -0.155. The summed E-state index contributed by atoms with van der Waals surface area (Å²) < 4.78 is 5.18. The van der Waals surface area contributed by atoms with E-state index >= 15 is 0 Å². The number of hydrogen-bond acceptors (Lipinski definition) is 5. The lowest BCUT2D eigenvalue weighted by Crippen LogP contribution is -2.44. The fourth-order valence-corrected chi connectivity index (χ4v) is 4.12. The summed E-state index contributed by atoms with van der Waals surface area (Å²) in [5.41, 5.74) is -0.271. The molecule has 0 bridgehead atoms. The molecule has 2 fully saturated rings. The molecule has 8 nitrogen and oxygen atoms in total. The van der Waals surface area contributed by atoms with E-state index in [1.165, 1.54) is 6.92 Å². The van der Waals surface area contributed by atoms with Crippen LogP contribution < -0.4 is 10.6 Å². The molecule has 0 radical (unpaired) electrons. The van der Waals surface area contributed by atoms with E-state index in [0.717, 1.165) is 28.5 Å². The molecule has 1 spiro atoms. The van der Waals surface area contributed by atoms with Crippen molar-refractivity contribution < 1.29 is 23.9 Å². The summed E-state index contributed by atoms with van der Waals surface area (Å²) in [5, 5.41) is 7.32. The third kappa shape index (κ3) is 3.60. The van der Waals surface area contributed by atoms with Gasteiger partial charge in [0.15, 0.2) is 6.10 Å². The zero-order chi connectivity index (χ0) is 21.3. The van der Waals surface area contributed by atoms with E-state index in [9.17, 15) is 19.2 Å². The number of ether oxygens (including phenoxy) is 1. The molecule has 4 rings (SSSR count). The van der Waals surface area contributed by atoms with Gasteiger partial charge in [-0.25, -0.2) is 4.79 Å². The predicted molar refractivity (Wildman–Crippen MR) is 110 cm³/mol. The maximum atomic E-state index is 12.6. The Hall–Kier alpha value is -3.42. The number of carbonyl (C=O) groups excluding carboxylic acids is 4. The number of amides is 4.